The SMILES string of the molecule is COc1cc(Nc2nc3cccc(-c4ccc(CC(=O)N5CCOCC5)cc4)c3o2)cc(OC)c1OC. The number of nitrogens with zero attached hydrogens (tertiary/aromatic N) is 2. The minimum Gasteiger partial charge on any atom is -0.493 e. The van der Waals surface area contributed by atoms with E-state index < -0.39 is 0 Å². The highest BCUT2D eigenvalue weighted by atomic mass is 16.5. The van der Waals surface area contributed by atoms with Crippen molar-refractivity contribution in [3.63, 3.8) is 0 Å². The third-order valence-corrected chi connectivity index (χ3v) is 6.32. The van der Waals surface area contributed by atoms with Crippen LogP contribution in [0.2, 0.25) is 0 Å². The summed E-state index contributed by atoms with van der Waals surface area (Å²) < 4.78 is 27.7. The number of oxazole rings is 1. The molecule has 0 saturated carbocycles. The van der Waals surface area contributed by atoms with E-state index in [9.17, 15) is 4.79 Å². The number of fused-ring (bicyclic) bond motifs is 1. The zero-order valence-corrected chi connectivity index (χ0v) is 21.1. The van der Waals surface area contributed by atoms with Gasteiger partial charge >= 0.3 is 0 Å². The molecule has 0 bridgehead atoms. The maximum Gasteiger partial charge on any atom is 0.300 e. The average Bonchev–Trinajstić information content (AvgIpc) is 3.36. The Balaban J connectivity index is 1.37. The van der Waals surface area contributed by atoms with Crippen LogP contribution in [0.15, 0.2) is 59.0 Å². The maximum atomic E-state index is 12.6. The number of para-hydroxylation sites is 1. The molecule has 37 heavy (non-hydrogen) atoms. The number of rotatable bonds is 8. The molecule has 1 aliphatic heterocycles. The molecule has 192 valence electrons. The van der Waals surface area contributed by atoms with Gasteiger partial charge in [-0.2, -0.15) is 4.98 Å². The first kappa shape index (κ1) is 24.5. The second-order valence-corrected chi connectivity index (χ2v) is 8.58. The first-order valence-corrected chi connectivity index (χ1v) is 12.0. The van der Waals surface area contributed by atoms with E-state index in [1.165, 1.54) is 0 Å². The van der Waals surface area contributed by atoms with Crippen molar-refractivity contribution in [2.24, 2.45) is 0 Å². The van der Waals surface area contributed by atoms with E-state index in [0.717, 1.165) is 22.2 Å². The molecule has 9 nitrogen and oxygen atoms in total. The Morgan fingerprint density at radius 1 is 0.973 bits per heavy atom. The van der Waals surface area contributed by atoms with Crippen LogP contribution in [-0.2, 0) is 16.0 Å². The predicted molar refractivity (Wildman–Crippen MR) is 140 cm³/mol. The van der Waals surface area contributed by atoms with Gasteiger partial charge < -0.3 is 33.6 Å². The van der Waals surface area contributed by atoms with Gasteiger partial charge in [-0.05, 0) is 17.2 Å². The lowest BCUT2D eigenvalue weighted by molar-refractivity contribution is -0.134. The molecule has 2 heterocycles. The Hall–Kier alpha value is -4.24. The van der Waals surface area contributed by atoms with Crippen LogP contribution in [-0.4, -0.2) is 63.4 Å². The molecule has 1 aliphatic rings. The Bertz CT molecular complexity index is 1370. The largest absolute Gasteiger partial charge is 0.493 e. The first-order chi connectivity index (χ1) is 18.1. The lowest BCUT2D eigenvalue weighted by Gasteiger charge is -2.26. The molecule has 0 unspecified atom stereocenters. The van der Waals surface area contributed by atoms with Gasteiger partial charge in [0.05, 0.1) is 41.0 Å². The summed E-state index contributed by atoms with van der Waals surface area (Å²) in [5.74, 6) is 1.67. The molecule has 1 amide bonds. The van der Waals surface area contributed by atoms with Crippen molar-refractivity contribution in [2.45, 2.75) is 6.42 Å². The summed E-state index contributed by atoms with van der Waals surface area (Å²) in [7, 11) is 4.69. The van der Waals surface area contributed by atoms with E-state index in [-0.39, 0.29) is 5.91 Å². The smallest absolute Gasteiger partial charge is 0.300 e. The van der Waals surface area contributed by atoms with Crippen molar-refractivity contribution in [3.05, 3.63) is 60.2 Å². The molecule has 1 N–H and O–H groups in total. The van der Waals surface area contributed by atoms with Crippen molar-refractivity contribution < 1.29 is 28.2 Å². The Kier molecular flexibility index (Phi) is 7.14. The number of morpholine rings is 1. The number of anilines is 2. The predicted octanol–water partition coefficient (Wildman–Crippen LogP) is 4.67. The van der Waals surface area contributed by atoms with E-state index in [1.54, 1.807) is 33.5 Å². The average molecular weight is 504 g/mol. The molecule has 1 fully saturated rings. The molecule has 0 atom stereocenters. The van der Waals surface area contributed by atoms with E-state index >= 15 is 0 Å². The molecule has 0 spiro atoms. The second kappa shape index (κ2) is 10.8. The van der Waals surface area contributed by atoms with Crippen LogP contribution in [0.25, 0.3) is 22.2 Å². The van der Waals surface area contributed by atoms with Crippen LogP contribution in [0.4, 0.5) is 11.7 Å². The van der Waals surface area contributed by atoms with E-state index in [1.807, 2.05) is 47.4 Å². The summed E-state index contributed by atoms with van der Waals surface area (Å²) in [5, 5.41) is 3.19. The van der Waals surface area contributed by atoms with Crippen LogP contribution >= 0.6 is 0 Å². The van der Waals surface area contributed by atoms with Gasteiger partial charge in [-0.15, -0.1) is 0 Å². The summed E-state index contributed by atoms with van der Waals surface area (Å²) in [4.78, 5) is 19.0. The highest BCUT2D eigenvalue weighted by Gasteiger charge is 2.18. The van der Waals surface area contributed by atoms with Gasteiger partial charge in [0.1, 0.15) is 5.52 Å². The molecule has 0 radical (unpaired) electrons. The Labute approximate surface area is 214 Å². The lowest BCUT2D eigenvalue weighted by atomic mass is 10.0. The van der Waals surface area contributed by atoms with E-state index in [2.05, 4.69) is 10.3 Å². The monoisotopic (exact) mass is 503 g/mol. The number of benzene rings is 3. The summed E-state index contributed by atoms with van der Waals surface area (Å²) in [6.45, 7) is 2.50. The van der Waals surface area contributed by atoms with Crippen molar-refractivity contribution in [1.29, 1.82) is 0 Å². The number of amides is 1. The van der Waals surface area contributed by atoms with Gasteiger partial charge in [0.2, 0.25) is 11.7 Å². The van der Waals surface area contributed by atoms with Gasteiger partial charge in [-0.1, -0.05) is 36.4 Å². The van der Waals surface area contributed by atoms with Crippen LogP contribution in [0, 0.1) is 0 Å². The van der Waals surface area contributed by atoms with Gasteiger partial charge in [0, 0.05) is 36.5 Å². The van der Waals surface area contributed by atoms with E-state index in [4.69, 9.17) is 23.4 Å². The third kappa shape index (κ3) is 5.17. The Morgan fingerprint density at radius 3 is 2.32 bits per heavy atom. The quantitative estimate of drug-likeness (QED) is 0.371. The fourth-order valence-corrected chi connectivity index (χ4v) is 4.41. The maximum absolute atomic E-state index is 12.6. The molecule has 5 rings (SSSR count). The van der Waals surface area contributed by atoms with Gasteiger partial charge in [-0.3, -0.25) is 4.79 Å². The summed E-state index contributed by atoms with van der Waals surface area (Å²) >= 11 is 0. The van der Waals surface area contributed by atoms with Crippen LogP contribution in [0.1, 0.15) is 5.56 Å². The molecule has 0 aliphatic carbocycles. The number of ether oxygens (including phenoxy) is 4. The number of nitrogens with one attached hydrogen (secondary N) is 1. The van der Waals surface area contributed by atoms with Gasteiger partial charge in [-0.25, -0.2) is 0 Å². The highest BCUT2D eigenvalue weighted by Crippen LogP contribution is 2.41. The van der Waals surface area contributed by atoms with Crippen molar-refractivity contribution in [3.8, 4) is 28.4 Å². The second-order valence-electron chi connectivity index (χ2n) is 8.58. The van der Waals surface area contributed by atoms with Crippen molar-refractivity contribution in [1.82, 2.24) is 9.88 Å². The summed E-state index contributed by atoms with van der Waals surface area (Å²) in [6, 6.07) is 17.7. The zero-order chi connectivity index (χ0) is 25.8. The van der Waals surface area contributed by atoms with Crippen molar-refractivity contribution >= 4 is 28.7 Å². The first-order valence-electron chi connectivity index (χ1n) is 12.0. The number of carbonyl (C=O) groups is 1. The molecule has 3 aromatic carbocycles. The zero-order valence-electron chi connectivity index (χ0n) is 21.1. The fraction of sp³-hybridized carbons (Fsp3) is 0.286. The number of methoxy groups -OCH3 is 3. The summed E-state index contributed by atoms with van der Waals surface area (Å²) in [6.07, 6.45) is 0.371. The molecular formula is C28H29N3O6. The fourth-order valence-electron chi connectivity index (χ4n) is 4.41. The molecule has 1 aromatic heterocycles. The summed E-state index contributed by atoms with van der Waals surface area (Å²) in [5.41, 5.74) is 4.91. The van der Waals surface area contributed by atoms with Crippen molar-refractivity contribution in [2.75, 3.05) is 52.9 Å². The minimum absolute atomic E-state index is 0.121. The third-order valence-electron chi connectivity index (χ3n) is 6.32. The van der Waals surface area contributed by atoms with Crippen LogP contribution < -0.4 is 19.5 Å². The Morgan fingerprint density at radius 2 is 1.68 bits per heavy atom. The topological polar surface area (TPSA) is 95.3 Å². The van der Waals surface area contributed by atoms with Gasteiger partial charge in [0.25, 0.3) is 6.01 Å². The number of hydrogen-bond acceptors (Lipinski definition) is 8. The standard InChI is InChI=1S/C28H29N3O6/c1-33-23-16-20(17-24(34-2)27(23)35-3)29-28-30-22-6-4-5-21(26(22)37-28)19-9-7-18(8-10-19)15-25(32)31-11-13-36-14-12-31/h4-10,16-17H,11-15H2,1-3H3,(H,29,30). The molecule has 9 heteroatoms. The highest BCUT2D eigenvalue weighted by molar-refractivity contribution is 5.91. The number of hydrogen-bond donors (Lipinski definition) is 1. The molecule has 4 aromatic rings. The minimum atomic E-state index is 0.121. The van der Waals surface area contributed by atoms with E-state index in [0.29, 0.717) is 67.3 Å². The number of carbonyl (C=O) groups excluding carboxylic acids is 1. The normalized spacial score (nSPS) is 13.4. The van der Waals surface area contributed by atoms with Crippen LogP contribution in [0.3, 0.4) is 0 Å². The van der Waals surface area contributed by atoms with Crippen LogP contribution in [0.5, 0.6) is 17.2 Å². The molecular weight excluding hydrogens is 474 g/mol. The number of aromatic nitrogens is 1. The lowest BCUT2D eigenvalue weighted by Crippen LogP contribution is -2.41. The molecule has 1 saturated heterocycles. The van der Waals surface area contributed by atoms with Gasteiger partial charge in [0.15, 0.2) is 17.1 Å².